The first-order valence-electron chi connectivity index (χ1n) is 5.03. The van der Waals surface area contributed by atoms with E-state index in [1.165, 1.54) is 32.2 Å². The van der Waals surface area contributed by atoms with Crippen molar-refractivity contribution in [2.75, 3.05) is 6.54 Å². The average molecular weight is 153 g/mol. The number of hydrogen-bond donors (Lipinski definition) is 0. The molecule has 2 bridgehead atoms. The number of piperidine rings is 1. The molecular formula is C10H19N. The maximum atomic E-state index is 2.70. The van der Waals surface area contributed by atoms with Gasteiger partial charge < -0.3 is 0 Å². The quantitative estimate of drug-likeness (QED) is 0.558. The van der Waals surface area contributed by atoms with Gasteiger partial charge in [-0.05, 0) is 52.0 Å². The fourth-order valence-electron chi connectivity index (χ4n) is 2.81. The first-order valence-corrected chi connectivity index (χ1v) is 5.03. The second-order valence-corrected chi connectivity index (χ2v) is 4.45. The lowest BCUT2D eigenvalue weighted by Gasteiger charge is -2.36. The highest BCUT2D eigenvalue weighted by Crippen LogP contribution is 2.37. The van der Waals surface area contributed by atoms with Crippen LogP contribution in [-0.2, 0) is 0 Å². The van der Waals surface area contributed by atoms with Crippen molar-refractivity contribution in [3.8, 4) is 0 Å². The number of fused-ring (bicyclic) bond motifs is 2. The van der Waals surface area contributed by atoms with Crippen molar-refractivity contribution in [3.63, 3.8) is 0 Å². The van der Waals surface area contributed by atoms with Crippen LogP contribution in [-0.4, -0.2) is 23.5 Å². The van der Waals surface area contributed by atoms with Crippen molar-refractivity contribution in [1.29, 1.82) is 0 Å². The molecule has 0 aromatic carbocycles. The van der Waals surface area contributed by atoms with Crippen molar-refractivity contribution >= 4 is 0 Å². The Morgan fingerprint density at radius 1 is 1.18 bits per heavy atom. The van der Waals surface area contributed by atoms with Crippen LogP contribution >= 0.6 is 0 Å². The summed E-state index contributed by atoms with van der Waals surface area (Å²) in [5.41, 5.74) is 0. The molecule has 2 rings (SSSR count). The third kappa shape index (κ3) is 1.31. The molecule has 0 spiro atoms. The van der Waals surface area contributed by atoms with E-state index in [9.17, 15) is 0 Å². The second-order valence-electron chi connectivity index (χ2n) is 4.45. The Labute approximate surface area is 69.8 Å². The predicted molar refractivity (Wildman–Crippen MR) is 47.6 cm³/mol. The van der Waals surface area contributed by atoms with Gasteiger partial charge in [-0.3, -0.25) is 4.90 Å². The molecule has 0 unspecified atom stereocenters. The normalized spacial score (nSPS) is 38.5. The summed E-state index contributed by atoms with van der Waals surface area (Å²) < 4.78 is 0. The van der Waals surface area contributed by atoms with E-state index in [-0.39, 0.29) is 0 Å². The molecule has 1 aliphatic heterocycles. The number of likely N-dealkylation sites (tertiary alicyclic amines) is 1. The summed E-state index contributed by atoms with van der Waals surface area (Å²) >= 11 is 0. The lowest BCUT2D eigenvalue weighted by atomic mass is 9.98. The molecule has 64 valence electrons. The zero-order valence-corrected chi connectivity index (χ0v) is 7.71. The summed E-state index contributed by atoms with van der Waals surface area (Å²) in [6.07, 6.45) is 5.95. The molecule has 2 atom stereocenters. The van der Waals surface area contributed by atoms with Gasteiger partial charge in [0.25, 0.3) is 0 Å². The Kier molecular flexibility index (Phi) is 1.92. The van der Waals surface area contributed by atoms with Crippen LogP contribution in [0.1, 0.15) is 39.5 Å². The van der Waals surface area contributed by atoms with Crippen LogP contribution in [0.15, 0.2) is 0 Å². The van der Waals surface area contributed by atoms with Crippen LogP contribution in [0.25, 0.3) is 0 Å². The SMILES string of the molecule is CC(C)N1CC[C@H]2CC[C@@H]1C2. The average Bonchev–Trinajstić information content (AvgIpc) is 2.32. The molecule has 0 aromatic heterocycles. The molecule has 1 aliphatic carbocycles. The molecule has 0 radical (unpaired) electrons. The van der Waals surface area contributed by atoms with E-state index in [1.54, 1.807) is 0 Å². The minimum atomic E-state index is 0.777. The molecule has 1 nitrogen and oxygen atoms in total. The number of hydrogen-bond acceptors (Lipinski definition) is 1. The topological polar surface area (TPSA) is 3.24 Å². The molecule has 0 amide bonds. The molecule has 1 heteroatoms. The maximum Gasteiger partial charge on any atom is 0.0101 e. The Hall–Kier alpha value is -0.0400. The van der Waals surface area contributed by atoms with Crippen LogP contribution in [0.3, 0.4) is 0 Å². The van der Waals surface area contributed by atoms with E-state index in [0.29, 0.717) is 0 Å². The molecule has 2 fully saturated rings. The molecule has 11 heavy (non-hydrogen) atoms. The highest BCUT2D eigenvalue weighted by atomic mass is 15.2. The lowest BCUT2D eigenvalue weighted by molar-refractivity contribution is 0.119. The van der Waals surface area contributed by atoms with Crippen LogP contribution < -0.4 is 0 Å². The van der Waals surface area contributed by atoms with Gasteiger partial charge in [0, 0.05) is 12.1 Å². The van der Waals surface area contributed by atoms with Crippen molar-refractivity contribution in [1.82, 2.24) is 4.90 Å². The minimum Gasteiger partial charge on any atom is -0.298 e. The van der Waals surface area contributed by atoms with E-state index in [1.807, 2.05) is 0 Å². The Morgan fingerprint density at radius 2 is 2.00 bits per heavy atom. The number of rotatable bonds is 1. The van der Waals surface area contributed by atoms with Crippen LogP contribution in [0, 0.1) is 5.92 Å². The smallest absolute Gasteiger partial charge is 0.0101 e. The van der Waals surface area contributed by atoms with E-state index in [2.05, 4.69) is 18.7 Å². The molecule has 0 aromatic rings. The van der Waals surface area contributed by atoms with Gasteiger partial charge in [0.05, 0.1) is 0 Å². The largest absolute Gasteiger partial charge is 0.298 e. The first kappa shape index (κ1) is 7.60. The minimum absolute atomic E-state index is 0.777. The molecular weight excluding hydrogens is 134 g/mol. The fraction of sp³-hybridized carbons (Fsp3) is 1.00. The Morgan fingerprint density at radius 3 is 2.73 bits per heavy atom. The molecule has 1 saturated heterocycles. The Balaban J connectivity index is 2.01. The molecule has 0 N–H and O–H groups in total. The second kappa shape index (κ2) is 2.78. The van der Waals surface area contributed by atoms with Gasteiger partial charge in [0.15, 0.2) is 0 Å². The standard InChI is InChI=1S/C10H19N/c1-8(2)11-6-5-9-3-4-10(11)7-9/h8-10H,3-7H2,1-2H3/t9-,10-/m1/s1. The van der Waals surface area contributed by atoms with Crippen molar-refractivity contribution in [2.45, 2.75) is 51.6 Å². The summed E-state index contributed by atoms with van der Waals surface area (Å²) in [6, 6.07) is 1.73. The Bertz CT molecular complexity index is 142. The third-order valence-electron chi connectivity index (χ3n) is 3.44. The van der Waals surface area contributed by atoms with E-state index >= 15 is 0 Å². The van der Waals surface area contributed by atoms with Crippen LogP contribution in [0.5, 0.6) is 0 Å². The summed E-state index contributed by atoms with van der Waals surface area (Å²) in [5, 5.41) is 0. The van der Waals surface area contributed by atoms with Gasteiger partial charge in [-0.15, -0.1) is 0 Å². The van der Waals surface area contributed by atoms with Gasteiger partial charge in [0.2, 0.25) is 0 Å². The highest BCUT2D eigenvalue weighted by molar-refractivity contribution is 4.89. The first-order chi connectivity index (χ1) is 5.27. The van der Waals surface area contributed by atoms with Crippen LogP contribution in [0.2, 0.25) is 0 Å². The van der Waals surface area contributed by atoms with E-state index < -0.39 is 0 Å². The highest BCUT2D eigenvalue weighted by Gasteiger charge is 2.34. The third-order valence-corrected chi connectivity index (χ3v) is 3.44. The van der Waals surface area contributed by atoms with Gasteiger partial charge in [-0.2, -0.15) is 0 Å². The van der Waals surface area contributed by atoms with Gasteiger partial charge >= 0.3 is 0 Å². The molecule has 2 aliphatic rings. The summed E-state index contributed by atoms with van der Waals surface area (Å²) in [6.45, 7) is 6.03. The number of nitrogens with zero attached hydrogens (tertiary/aromatic N) is 1. The molecule has 1 heterocycles. The zero-order valence-electron chi connectivity index (χ0n) is 7.71. The summed E-state index contributed by atoms with van der Waals surface area (Å²) in [4.78, 5) is 2.70. The maximum absolute atomic E-state index is 2.70. The van der Waals surface area contributed by atoms with Crippen molar-refractivity contribution in [2.24, 2.45) is 5.92 Å². The van der Waals surface area contributed by atoms with Crippen molar-refractivity contribution in [3.05, 3.63) is 0 Å². The summed E-state index contributed by atoms with van der Waals surface area (Å²) in [5.74, 6) is 1.09. The van der Waals surface area contributed by atoms with Crippen molar-refractivity contribution < 1.29 is 0 Å². The zero-order chi connectivity index (χ0) is 7.84. The lowest BCUT2D eigenvalue weighted by Crippen LogP contribution is -2.42. The van der Waals surface area contributed by atoms with Crippen LogP contribution in [0.4, 0.5) is 0 Å². The predicted octanol–water partition coefficient (Wildman–Crippen LogP) is 2.27. The van der Waals surface area contributed by atoms with Gasteiger partial charge in [-0.1, -0.05) is 0 Å². The summed E-state index contributed by atoms with van der Waals surface area (Å²) in [7, 11) is 0. The fourth-order valence-corrected chi connectivity index (χ4v) is 2.81. The monoisotopic (exact) mass is 153 g/mol. The van der Waals surface area contributed by atoms with E-state index in [0.717, 1.165) is 18.0 Å². The molecule has 1 saturated carbocycles. The van der Waals surface area contributed by atoms with Gasteiger partial charge in [-0.25, -0.2) is 0 Å². The van der Waals surface area contributed by atoms with Gasteiger partial charge in [0.1, 0.15) is 0 Å². The van der Waals surface area contributed by atoms with E-state index in [4.69, 9.17) is 0 Å².